The third-order valence-corrected chi connectivity index (χ3v) is 4.94. The van der Waals surface area contributed by atoms with Crippen molar-refractivity contribution in [1.29, 1.82) is 5.26 Å². The SMILES string of the molecule is COc1ccccc1N1CCN(c2ccnc(Nc3ccc(C#N)cc3)n2)CC1. The summed E-state index contributed by atoms with van der Waals surface area (Å²) in [4.78, 5) is 13.6. The third-order valence-electron chi connectivity index (χ3n) is 4.94. The molecule has 0 unspecified atom stereocenters. The summed E-state index contributed by atoms with van der Waals surface area (Å²) in [5.74, 6) is 2.34. The minimum absolute atomic E-state index is 0.541. The molecule has 29 heavy (non-hydrogen) atoms. The zero-order valence-corrected chi connectivity index (χ0v) is 16.2. The molecule has 1 N–H and O–H groups in total. The van der Waals surface area contributed by atoms with Crippen molar-refractivity contribution in [2.75, 3.05) is 48.4 Å². The molecule has 7 heteroatoms. The van der Waals surface area contributed by atoms with Gasteiger partial charge < -0.3 is 19.9 Å². The van der Waals surface area contributed by atoms with Crippen molar-refractivity contribution in [3.63, 3.8) is 0 Å². The van der Waals surface area contributed by atoms with E-state index in [0.717, 1.165) is 49.1 Å². The number of nitrogens with one attached hydrogen (secondary N) is 1. The molecule has 1 saturated heterocycles. The fourth-order valence-electron chi connectivity index (χ4n) is 3.41. The van der Waals surface area contributed by atoms with Crippen LogP contribution < -0.4 is 19.9 Å². The second-order valence-corrected chi connectivity index (χ2v) is 6.70. The van der Waals surface area contributed by atoms with E-state index in [9.17, 15) is 0 Å². The summed E-state index contributed by atoms with van der Waals surface area (Å²) in [5.41, 5.74) is 2.60. The Bertz CT molecular complexity index is 1010. The molecule has 0 saturated carbocycles. The first kappa shape index (κ1) is 18.6. The number of hydrogen-bond acceptors (Lipinski definition) is 7. The van der Waals surface area contributed by atoms with Crippen molar-refractivity contribution in [1.82, 2.24) is 9.97 Å². The van der Waals surface area contributed by atoms with E-state index in [1.54, 1.807) is 25.4 Å². The van der Waals surface area contributed by atoms with Gasteiger partial charge in [0.05, 0.1) is 24.4 Å². The quantitative estimate of drug-likeness (QED) is 0.720. The van der Waals surface area contributed by atoms with E-state index in [1.807, 2.05) is 36.4 Å². The molecule has 0 radical (unpaired) electrons. The third kappa shape index (κ3) is 4.22. The number of rotatable bonds is 5. The van der Waals surface area contributed by atoms with Gasteiger partial charge >= 0.3 is 0 Å². The Morgan fingerprint density at radius 3 is 2.41 bits per heavy atom. The first-order valence-electron chi connectivity index (χ1n) is 9.50. The lowest BCUT2D eigenvalue weighted by molar-refractivity contribution is 0.413. The number of methoxy groups -OCH3 is 1. The molecule has 0 atom stereocenters. The van der Waals surface area contributed by atoms with E-state index in [-0.39, 0.29) is 0 Å². The maximum atomic E-state index is 8.91. The zero-order chi connectivity index (χ0) is 20.1. The minimum atomic E-state index is 0.541. The number of piperazine rings is 1. The number of nitrogens with zero attached hydrogens (tertiary/aromatic N) is 5. The van der Waals surface area contributed by atoms with E-state index in [4.69, 9.17) is 10.00 Å². The number of anilines is 4. The molecule has 1 aliphatic rings. The van der Waals surface area contributed by atoms with Crippen molar-refractivity contribution >= 4 is 23.1 Å². The number of nitriles is 1. The molecule has 1 fully saturated rings. The van der Waals surface area contributed by atoms with Crippen LogP contribution in [0.5, 0.6) is 5.75 Å². The predicted molar refractivity (Wildman–Crippen MR) is 114 cm³/mol. The Hall–Kier alpha value is -3.79. The van der Waals surface area contributed by atoms with Gasteiger partial charge in [-0.2, -0.15) is 10.2 Å². The summed E-state index contributed by atoms with van der Waals surface area (Å²) in [6.45, 7) is 3.52. The molecule has 4 rings (SSSR count). The molecule has 0 bridgehead atoms. The molecule has 0 spiro atoms. The van der Waals surface area contributed by atoms with Crippen LogP contribution in [0.4, 0.5) is 23.1 Å². The lowest BCUT2D eigenvalue weighted by Gasteiger charge is -2.37. The molecule has 146 valence electrons. The van der Waals surface area contributed by atoms with Crippen LogP contribution in [0.15, 0.2) is 60.8 Å². The van der Waals surface area contributed by atoms with Gasteiger partial charge in [0.1, 0.15) is 11.6 Å². The maximum Gasteiger partial charge on any atom is 0.229 e. The Balaban J connectivity index is 1.42. The first-order valence-corrected chi connectivity index (χ1v) is 9.50. The largest absolute Gasteiger partial charge is 0.495 e. The molecule has 1 aliphatic heterocycles. The average Bonchev–Trinajstić information content (AvgIpc) is 2.80. The van der Waals surface area contributed by atoms with E-state index in [1.165, 1.54) is 0 Å². The van der Waals surface area contributed by atoms with Crippen LogP contribution in [0.2, 0.25) is 0 Å². The standard InChI is InChI=1S/C22H22N6O/c1-29-20-5-3-2-4-19(20)27-12-14-28(15-13-27)21-10-11-24-22(26-21)25-18-8-6-17(16-23)7-9-18/h2-11H,12-15H2,1H3,(H,24,25,26). The maximum absolute atomic E-state index is 8.91. The molecular weight excluding hydrogens is 364 g/mol. The lowest BCUT2D eigenvalue weighted by Crippen LogP contribution is -2.47. The van der Waals surface area contributed by atoms with Crippen LogP contribution in [0, 0.1) is 11.3 Å². The lowest BCUT2D eigenvalue weighted by atomic mass is 10.2. The molecule has 0 amide bonds. The van der Waals surface area contributed by atoms with Gasteiger partial charge in [-0.1, -0.05) is 12.1 Å². The fraction of sp³-hybridized carbons (Fsp3) is 0.227. The first-order chi connectivity index (χ1) is 14.3. The van der Waals surface area contributed by atoms with Crippen molar-refractivity contribution in [2.24, 2.45) is 0 Å². The van der Waals surface area contributed by atoms with E-state index in [0.29, 0.717) is 11.5 Å². The summed E-state index contributed by atoms with van der Waals surface area (Å²) in [6, 6.07) is 19.4. The Morgan fingerprint density at radius 1 is 0.966 bits per heavy atom. The highest BCUT2D eigenvalue weighted by Gasteiger charge is 2.20. The highest BCUT2D eigenvalue weighted by atomic mass is 16.5. The second-order valence-electron chi connectivity index (χ2n) is 6.70. The van der Waals surface area contributed by atoms with Gasteiger partial charge in [0, 0.05) is 38.1 Å². The van der Waals surface area contributed by atoms with Crippen LogP contribution >= 0.6 is 0 Å². The predicted octanol–water partition coefficient (Wildman–Crippen LogP) is 3.43. The van der Waals surface area contributed by atoms with Crippen LogP contribution in [0.3, 0.4) is 0 Å². The van der Waals surface area contributed by atoms with E-state index >= 15 is 0 Å². The van der Waals surface area contributed by atoms with Crippen LogP contribution in [-0.2, 0) is 0 Å². The van der Waals surface area contributed by atoms with Crippen molar-refractivity contribution in [3.8, 4) is 11.8 Å². The zero-order valence-electron chi connectivity index (χ0n) is 16.2. The van der Waals surface area contributed by atoms with Crippen LogP contribution in [0.1, 0.15) is 5.56 Å². The smallest absolute Gasteiger partial charge is 0.229 e. The van der Waals surface area contributed by atoms with E-state index in [2.05, 4.69) is 37.2 Å². The van der Waals surface area contributed by atoms with Crippen molar-refractivity contribution in [3.05, 3.63) is 66.4 Å². The number of aromatic nitrogens is 2. The van der Waals surface area contributed by atoms with Gasteiger partial charge in [0.2, 0.25) is 5.95 Å². The Morgan fingerprint density at radius 2 is 1.69 bits per heavy atom. The summed E-state index contributed by atoms with van der Waals surface area (Å²) < 4.78 is 5.49. The monoisotopic (exact) mass is 386 g/mol. The molecule has 7 nitrogen and oxygen atoms in total. The Kier molecular flexibility index (Phi) is 5.43. The molecule has 0 aliphatic carbocycles. The number of hydrogen-bond donors (Lipinski definition) is 1. The summed E-state index contributed by atoms with van der Waals surface area (Å²) in [7, 11) is 1.71. The fourth-order valence-corrected chi connectivity index (χ4v) is 3.41. The van der Waals surface area contributed by atoms with Gasteiger partial charge in [0.15, 0.2) is 0 Å². The molecule has 2 aromatic carbocycles. The van der Waals surface area contributed by atoms with Gasteiger partial charge in [-0.3, -0.25) is 0 Å². The molecule has 2 heterocycles. The summed E-state index contributed by atoms with van der Waals surface area (Å²) in [6.07, 6.45) is 1.76. The minimum Gasteiger partial charge on any atom is -0.495 e. The highest BCUT2D eigenvalue weighted by molar-refractivity contribution is 5.60. The molecule has 1 aromatic heterocycles. The average molecular weight is 386 g/mol. The van der Waals surface area contributed by atoms with Gasteiger partial charge in [0.25, 0.3) is 0 Å². The number of ether oxygens (including phenoxy) is 1. The Labute approximate surface area is 170 Å². The second kappa shape index (κ2) is 8.48. The highest BCUT2D eigenvalue weighted by Crippen LogP contribution is 2.29. The van der Waals surface area contributed by atoms with Gasteiger partial charge in [-0.25, -0.2) is 4.98 Å². The van der Waals surface area contributed by atoms with E-state index < -0.39 is 0 Å². The molecule has 3 aromatic rings. The summed E-state index contributed by atoms with van der Waals surface area (Å²) in [5, 5.41) is 12.1. The molecular formula is C22H22N6O. The van der Waals surface area contributed by atoms with Crippen LogP contribution in [-0.4, -0.2) is 43.3 Å². The van der Waals surface area contributed by atoms with Crippen molar-refractivity contribution < 1.29 is 4.74 Å². The van der Waals surface area contributed by atoms with Gasteiger partial charge in [-0.05, 0) is 42.5 Å². The van der Waals surface area contributed by atoms with Crippen molar-refractivity contribution in [2.45, 2.75) is 0 Å². The number of para-hydroxylation sites is 2. The number of benzene rings is 2. The van der Waals surface area contributed by atoms with Crippen LogP contribution in [0.25, 0.3) is 0 Å². The van der Waals surface area contributed by atoms with Gasteiger partial charge in [-0.15, -0.1) is 0 Å². The summed E-state index contributed by atoms with van der Waals surface area (Å²) >= 11 is 0. The topological polar surface area (TPSA) is 77.3 Å². The normalized spacial score (nSPS) is 13.7.